The molecule has 0 aromatic heterocycles. The van der Waals surface area contributed by atoms with Crippen molar-refractivity contribution in [3.05, 3.63) is 71.8 Å². The third-order valence-electron chi connectivity index (χ3n) is 3.53. The highest BCUT2D eigenvalue weighted by Crippen LogP contribution is 2.12. The standard InChI is InChI=1S/C20H23NO3S/c1-2-24-20(23)18(13-16-9-5-3-6-10-16)21-19(22)15-25-14-17-11-7-4-8-12-17/h3-12,18H,2,13-15H2,1H3,(H,21,22). The molecule has 2 rings (SSSR count). The van der Waals surface area contributed by atoms with E-state index in [0.29, 0.717) is 18.8 Å². The smallest absolute Gasteiger partial charge is 0.328 e. The number of ether oxygens (including phenoxy) is 1. The molecule has 4 nitrogen and oxygen atoms in total. The van der Waals surface area contributed by atoms with Crippen LogP contribution in [0, 0.1) is 0 Å². The fraction of sp³-hybridized carbons (Fsp3) is 0.300. The molecular weight excluding hydrogens is 334 g/mol. The average molecular weight is 357 g/mol. The second-order valence-electron chi connectivity index (χ2n) is 5.54. The first-order valence-electron chi connectivity index (χ1n) is 8.30. The Labute approximate surface area is 153 Å². The number of hydrogen-bond acceptors (Lipinski definition) is 4. The summed E-state index contributed by atoms with van der Waals surface area (Å²) in [4.78, 5) is 24.3. The highest BCUT2D eigenvalue weighted by atomic mass is 32.2. The maximum Gasteiger partial charge on any atom is 0.328 e. The lowest BCUT2D eigenvalue weighted by atomic mass is 10.1. The molecule has 0 spiro atoms. The van der Waals surface area contributed by atoms with Crippen LogP contribution in [-0.4, -0.2) is 30.3 Å². The topological polar surface area (TPSA) is 55.4 Å². The summed E-state index contributed by atoms with van der Waals surface area (Å²) in [7, 11) is 0. The first kappa shape index (κ1) is 19.1. The highest BCUT2D eigenvalue weighted by molar-refractivity contribution is 7.99. The largest absolute Gasteiger partial charge is 0.464 e. The minimum absolute atomic E-state index is 0.157. The molecule has 1 atom stereocenters. The van der Waals surface area contributed by atoms with Crippen LogP contribution in [-0.2, 0) is 26.5 Å². The number of hydrogen-bond donors (Lipinski definition) is 1. The third-order valence-corrected chi connectivity index (χ3v) is 4.54. The highest BCUT2D eigenvalue weighted by Gasteiger charge is 2.22. The molecule has 25 heavy (non-hydrogen) atoms. The van der Waals surface area contributed by atoms with Gasteiger partial charge in [-0.15, -0.1) is 11.8 Å². The first-order chi connectivity index (χ1) is 12.2. The third kappa shape index (κ3) is 7.01. The van der Waals surface area contributed by atoms with Gasteiger partial charge in [0.05, 0.1) is 12.4 Å². The van der Waals surface area contributed by atoms with Crippen molar-refractivity contribution in [1.82, 2.24) is 5.32 Å². The van der Waals surface area contributed by atoms with Crippen LogP contribution in [0.15, 0.2) is 60.7 Å². The van der Waals surface area contributed by atoms with Crippen molar-refractivity contribution in [2.24, 2.45) is 0 Å². The summed E-state index contributed by atoms with van der Waals surface area (Å²) >= 11 is 1.52. The Morgan fingerprint density at radius 1 is 1.00 bits per heavy atom. The number of thioether (sulfide) groups is 1. The van der Waals surface area contributed by atoms with Gasteiger partial charge in [0.25, 0.3) is 0 Å². The van der Waals surface area contributed by atoms with Crippen LogP contribution in [0.25, 0.3) is 0 Å². The molecule has 0 heterocycles. The first-order valence-corrected chi connectivity index (χ1v) is 9.46. The fourth-order valence-corrected chi connectivity index (χ4v) is 3.16. The van der Waals surface area contributed by atoms with E-state index in [1.165, 1.54) is 17.3 Å². The lowest BCUT2D eigenvalue weighted by molar-refractivity contribution is -0.147. The Kier molecular flexibility index (Phi) is 8.05. The molecule has 1 unspecified atom stereocenters. The van der Waals surface area contributed by atoms with Gasteiger partial charge in [0.1, 0.15) is 6.04 Å². The van der Waals surface area contributed by atoms with Gasteiger partial charge in [-0.2, -0.15) is 0 Å². The van der Waals surface area contributed by atoms with E-state index in [-0.39, 0.29) is 5.91 Å². The van der Waals surface area contributed by atoms with Crippen LogP contribution in [0.4, 0.5) is 0 Å². The summed E-state index contributed by atoms with van der Waals surface area (Å²) < 4.78 is 5.09. The van der Waals surface area contributed by atoms with E-state index >= 15 is 0 Å². The Balaban J connectivity index is 1.86. The van der Waals surface area contributed by atoms with Gasteiger partial charge in [0, 0.05) is 12.2 Å². The summed E-state index contributed by atoms with van der Waals surface area (Å²) in [6.07, 6.45) is 0.425. The van der Waals surface area contributed by atoms with Crippen LogP contribution in [0.5, 0.6) is 0 Å². The van der Waals surface area contributed by atoms with E-state index in [0.717, 1.165) is 11.3 Å². The molecule has 0 aliphatic carbocycles. The summed E-state index contributed by atoms with van der Waals surface area (Å²) in [5.74, 6) is 0.513. The van der Waals surface area contributed by atoms with Crippen molar-refractivity contribution in [2.75, 3.05) is 12.4 Å². The van der Waals surface area contributed by atoms with Crippen molar-refractivity contribution in [3.8, 4) is 0 Å². The number of esters is 1. The van der Waals surface area contributed by atoms with Gasteiger partial charge < -0.3 is 10.1 Å². The number of benzene rings is 2. The van der Waals surface area contributed by atoms with Gasteiger partial charge in [0.2, 0.25) is 5.91 Å². The predicted molar refractivity (Wildman–Crippen MR) is 101 cm³/mol. The maximum atomic E-state index is 12.2. The Bertz CT molecular complexity index is 661. The van der Waals surface area contributed by atoms with E-state index in [2.05, 4.69) is 5.32 Å². The summed E-state index contributed by atoms with van der Waals surface area (Å²) in [6, 6.07) is 18.9. The molecule has 0 bridgehead atoms. The summed E-state index contributed by atoms with van der Waals surface area (Å²) in [6.45, 7) is 2.05. The summed E-state index contributed by atoms with van der Waals surface area (Å²) in [5.41, 5.74) is 2.16. The molecule has 0 saturated carbocycles. The number of carbonyl (C=O) groups is 2. The zero-order valence-electron chi connectivity index (χ0n) is 14.3. The van der Waals surface area contributed by atoms with Gasteiger partial charge in [-0.05, 0) is 18.1 Å². The molecular formula is C20H23NO3S. The van der Waals surface area contributed by atoms with Gasteiger partial charge in [-0.25, -0.2) is 4.79 Å². The van der Waals surface area contributed by atoms with E-state index < -0.39 is 12.0 Å². The number of nitrogens with one attached hydrogen (secondary N) is 1. The molecule has 0 radical (unpaired) electrons. The van der Waals surface area contributed by atoms with Gasteiger partial charge in [0.15, 0.2) is 0 Å². The Morgan fingerprint density at radius 2 is 1.60 bits per heavy atom. The molecule has 132 valence electrons. The van der Waals surface area contributed by atoms with Crippen molar-refractivity contribution in [3.63, 3.8) is 0 Å². The van der Waals surface area contributed by atoms with Crippen LogP contribution in [0.3, 0.4) is 0 Å². The lowest BCUT2D eigenvalue weighted by Gasteiger charge is -2.17. The van der Waals surface area contributed by atoms with Crippen LogP contribution in [0.1, 0.15) is 18.1 Å². The second-order valence-corrected chi connectivity index (χ2v) is 6.53. The Morgan fingerprint density at radius 3 is 2.20 bits per heavy atom. The fourth-order valence-electron chi connectivity index (χ4n) is 2.36. The van der Waals surface area contributed by atoms with Crippen LogP contribution >= 0.6 is 11.8 Å². The molecule has 0 aliphatic heterocycles. The predicted octanol–water partition coefficient (Wildman–Crippen LogP) is 3.21. The van der Waals surface area contributed by atoms with Crippen molar-refractivity contribution in [1.29, 1.82) is 0 Å². The SMILES string of the molecule is CCOC(=O)C(Cc1ccccc1)NC(=O)CSCc1ccccc1. The molecule has 2 aromatic carbocycles. The van der Waals surface area contributed by atoms with E-state index in [1.54, 1.807) is 6.92 Å². The van der Waals surface area contributed by atoms with E-state index in [9.17, 15) is 9.59 Å². The van der Waals surface area contributed by atoms with Crippen molar-refractivity contribution in [2.45, 2.75) is 25.1 Å². The average Bonchev–Trinajstić information content (AvgIpc) is 2.63. The summed E-state index contributed by atoms with van der Waals surface area (Å²) in [5, 5.41) is 2.80. The van der Waals surface area contributed by atoms with E-state index in [4.69, 9.17) is 4.74 Å². The zero-order chi connectivity index (χ0) is 17.9. The number of amides is 1. The number of carbonyl (C=O) groups excluding carboxylic acids is 2. The zero-order valence-corrected chi connectivity index (χ0v) is 15.1. The van der Waals surface area contributed by atoms with Crippen LogP contribution in [0.2, 0.25) is 0 Å². The molecule has 2 aromatic rings. The quantitative estimate of drug-likeness (QED) is 0.700. The van der Waals surface area contributed by atoms with Gasteiger partial charge >= 0.3 is 5.97 Å². The molecule has 0 saturated heterocycles. The minimum Gasteiger partial charge on any atom is -0.464 e. The van der Waals surface area contributed by atoms with Gasteiger partial charge in [-0.1, -0.05) is 60.7 Å². The van der Waals surface area contributed by atoms with Gasteiger partial charge in [-0.3, -0.25) is 4.79 Å². The molecule has 1 amide bonds. The number of rotatable bonds is 9. The monoisotopic (exact) mass is 357 g/mol. The Hall–Kier alpha value is -2.27. The normalized spacial score (nSPS) is 11.6. The van der Waals surface area contributed by atoms with E-state index in [1.807, 2.05) is 60.7 Å². The second kappa shape index (κ2) is 10.6. The van der Waals surface area contributed by atoms with Crippen molar-refractivity contribution < 1.29 is 14.3 Å². The maximum absolute atomic E-state index is 12.2. The van der Waals surface area contributed by atoms with Crippen molar-refractivity contribution >= 4 is 23.6 Å². The minimum atomic E-state index is -0.660. The van der Waals surface area contributed by atoms with Crippen LogP contribution < -0.4 is 5.32 Å². The molecule has 1 N–H and O–H groups in total. The molecule has 0 fully saturated rings. The lowest BCUT2D eigenvalue weighted by Crippen LogP contribution is -2.44. The molecule has 5 heteroatoms. The molecule has 0 aliphatic rings.